The van der Waals surface area contributed by atoms with E-state index in [1.165, 1.54) is 6.07 Å². The third-order valence-corrected chi connectivity index (χ3v) is 8.38. The van der Waals surface area contributed by atoms with Crippen molar-refractivity contribution in [2.45, 2.75) is 31.8 Å². The lowest BCUT2D eigenvalue weighted by Crippen LogP contribution is -2.58. The molecule has 214 valence electrons. The largest absolute Gasteiger partial charge is 0.508 e. The fraction of sp³-hybridized carbons (Fsp3) is 0.333. The van der Waals surface area contributed by atoms with Gasteiger partial charge < -0.3 is 26.2 Å². The summed E-state index contributed by atoms with van der Waals surface area (Å²) in [5.41, 5.74) is 3.81. The molecule has 0 bridgehead atoms. The number of nitrogens with zero attached hydrogens (tertiary/aromatic N) is 2. The highest BCUT2D eigenvalue weighted by atomic mass is 16.3. The number of primary amides is 1. The van der Waals surface area contributed by atoms with Gasteiger partial charge in [0.2, 0.25) is 5.78 Å². The summed E-state index contributed by atoms with van der Waals surface area (Å²) in [5.74, 6) is -6.99. The van der Waals surface area contributed by atoms with Crippen molar-refractivity contribution in [2.75, 3.05) is 20.6 Å². The van der Waals surface area contributed by atoms with Crippen LogP contribution >= 0.6 is 0 Å². The molecule has 1 saturated carbocycles. The fourth-order valence-corrected chi connectivity index (χ4v) is 6.47. The van der Waals surface area contributed by atoms with Crippen LogP contribution in [0.3, 0.4) is 0 Å². The number of phenolic OH excluding ortho intramolecular Hbond substituents is 1. The Balaban J connectivity index is 1.64. The van der Waals surface area contributed by atoms with Gasteiger partial charge in [0.25, 0.3) is 11.8 Å². The zero-order valence-electron chi connectivity index (χ0n) is 22.8. The van der Waals surface area contributed by atoms with Gasteiger partial charge in [-0.05, 0) is 60.6 Å². The number of rotatable bonds is 5. The van der Waals surface area contributed by atoms with E-state index in [9.17, 15) is 39.6 Å². The van der Waals surface area contributed by atoms with Crippen molar-refractivity contribution in [1.29, 1.82) is 0 Å². The summed E-state index contributed by atoms with van der Waals surface area (Å²) in [6, 6.07) is 9.98. The van der Waals surface area contributed by atoms with Crippen molar-refractivity contribution >= 4 is 29.1 Å². The van der Waals surface area contributed by atoms with Gasteiger partial charge in [-0.1, -0.05) is 18.2 Å². The lowest BCUT2D eigenvalue weighted by Gasteiger charge is -2.46. The smallest absolute Gasteiger partial charge is 0.268 e. The second-order valence-electron chi connectivity index (χ2n) is 10.8. The minimum Gasteiger partial charge on any atom is -0.508 e. The van der Waals surface area contributed by atoms with Gasteiger partial charge in [-0.15, -0.1) is 0 Å². The van der Waals surface area contributed by atoms with Gasteiger partial charge in [0.1, 0.15) is 22.8 Å². The molecule has 0 unspecified atom stereocenters. The SMILES string of the molecule is CCN(C(=O)c1cccc(-c2ccc(O)c3c2C[C@H]2C[C@H]4CC(=O)C(C(N)=O)=C(O)[C@@]4(O)C(=O)C2=C3O)c1)N(C)C. The molecule has 0 spiro atoms. The van der Waals surface area contributed by atoms with Gasteiger partial charge in [-0.25, -0.2) is 5.01 Å². The quantitative estimate of drug-likeness (QED) is 0.269. The lowest BCUT2D eigenvalue weighted by atomic mass is 9.59. The van der Waals surface area contributed by atoms with Crippen LogP contribution in [0.2, 0.25) is 0 Å². The normalized spacial score (nSPS) is 23.7. The molecule has 1 fully saturated rings. The average Bonchev–Trinajstić information content (AvgIpc) is 2.91. The average molecular weight is 562 g/mol. The number of aliphatic hydroxyl groups is 3. The molecule has 3 atom stereocenters. The number of Topliss-reactive ketones (excluding diaryl/α,β-unsaturated/α-hetero) is 2. The Bertz CT molecular complexity index is 1590. The minimum atomic E-state index is -2.62. The summed E-state index contributed by atoms with van der Waals surface area (Å²) in [6.45, 7) is 2.32. The highest BCUT2D eigenvalue weighted by Crippen LogP contribution is 2.53. The van der Waals surface area contributed by atoms with Gasteiger partial charge >= 0.3 is 0 Å². The lowest BCUT2D eigenvalue weighted by molar-refractivity contribution is -0.147. The number of nitrogens with two attached hydrogens (primary N) is 1. The van der Waals surface area contributed by atoms with E-state index >= 15 is 0 Å². The Labute approximate surface area is 235 Å². The van der Waals surface area contributed by atoms with Gasteiger partial charge in [0.05, 0.1) is 5.56 Å². The highest BCUT2D eigenvalue weighted by Gasteiger charge is 2.60. The minimum absolute atomic E-state index is 0.00478. The van der Waals surface area contributed by atoms with E-state index in [4.69, 9.17) is 5.73 Å². The number of aromatic hydroxyl groups is 1. The van der Waals surface area contributed by atoms with E-state index in [1.807, 2.05) is 6.92 Å². The topological polar surface area (TPSA) is 182 Å². The van der Waals surface area contributed by atoms with Crippen molar-refractivity contribution < 1.29 is 39.6 Å². The standard InChI is InChI=1S/C30H31N3O8/c1-4-33(32(2)3)29(40)15-7-5-6-14(10-15)18-8-9-20(34)23-19(18)12-16-11-17-13-21(35)24(28(31)39)27(38)30(17,41)26(37)22(16)25(23)36/h5-10,16-17,34,36,38,41H,4,11-13H2,1-3H3,(H2,31,39)/t16-,17+,30+/m1/s1. The Morgan fingerprint density at radius 3 is 2.41 bits per heavy atom. The number of benzene rings is 2. The van der Waals surface area contributed by atoms with Crippen molar-refractivity contribution in [3.8, 4) is 16.9 Å². The molecule has 0 radical (unpaired) electrons. The third-order valence-electron chi connectivity index (χ3n) is 8.38. The number of ketones is 2. The van der Waals surface area contributed by atoms with Crippen LogP contribution in [-0.4, -0.2) is 80.1 Å². The molecule has 11 heteroatoms. The van der Waals surface area contributed by atoms with Gasteiger partial charge in [0, 0.05) is 44.1 Å². The molecule has 0 aromatic heterocycles. The van der Waals surface area contributed by atoms with Crippen molar-refractivity contribution in [2.24, 2.45) is 17.6 Å². The number of carbonyl (C=O) groups is 4. The molecule has 5 rings (SSSR count). The van der Waals surface area contributed by atoms with Crippen LogP contribution in [0.5, 0.6) is 5.75 Å². The Kier molecular flexibility index (Phi) is 6.75. The summed E-state index contributed by atoms with van der Waals surface area (Å²) in [5, 5.41) is 47.5. The van der Waals surface area contributed by atoms with Crippen LogP contribution in [0.15, 0.2) is 53.3 Å². The molecule has 0 saturated heterocycles. The van der Waals surface area contributed by atoms with Gasteiger partial charge in [0.15, 0.2) is 11.4 Å². The van der Waals surface area contributed by atoms with E-state index in [1.54, 1.807) is 54.4 Å². The van der Waals surface area contributed by atoms with Crippen LogP contribution in [0.25, 0.3) is 16.9 Å². The summed E-state index contributed by atoms with van der Waals surface area (Å²) in [7, 11) is 3.54. The first kappa shape index (κ1) is 28.1. The zero-order valence-corrected chi connectivity index (χ0v) is 22.8. The summed E-state index contributed by atoms with van der Waals surface area (Å²) < 4.78 is 0. The van der Waals surface area contributed by atoms with E-state index in [2.05, 4.69) is 0 Å². The van der Waals surface area contributed by atoms with Crippen LogP contribution < -0.4 is 5.73 Å². The number of hydrogen-bond donors (Lipinski definition) is 5. The molecule has 3 aliphatic rings. The first-order chi connectivity index (χ1) is 19.3. The number of fused-ring (bicyclic) bond motifs is 3. The molecule has 6 N–H and O–H groups in total. The monoisotopic (exact) mass is 561 g/mol. The third kappa shape index (κ3) is 4.11. The Morgan fingerprint density at radius 2 is 1.78 bits per heavy atom. The maximum atomic E-state index is 13.7. The molecule has 2 amide bonds. The van der Waals surface area contributed by atoms with E-state index in [0.717, 1.165) is 0 Å². The first-order valence-corrected chi connectivity index (χ1v) is 13.2. The highest BCUT2D eigenvalue weighted by molar-refractivity contribution is 6.22. The van der Waals surface area contributed by atoms with Crippen molar-refractivity contribution in [3.05, 3.63) is 70.0 Å². The van der Waals surface area contributed by atoms with Crippen LogP contribution in [-0.2, 0) is 20.8 Å². The predicted molar refractivity (Wildman–Crippen MR) is 147 cm³/mol. The molecule has 0 aliphatic heterocycles. The molecule has 2 aromatic carbocycles. The second-order valence-corrected chi connectivity index (χ2v) is 10.8. The molecular weight excluding hydrogens is 530 g/mol. The molecule has 11 nitrogen and oxygen atoms in total. The summed E-state index contributed by atoms with van der Waals surface area (Å²) in [6.07, 6.45) is -0.196. The van der Waals surface area contributed by atoms with Crippen LogP contribution in [0.4, 0.5) is 0 Å². The molecular formula is C30H31N3O8. The number of hydrogen-bond acceptors (Lipinski definition) is 9. The second kappa shape index (κ2) is 9.86. The number of carbonyl (C=O) groups excluding carboxylic acids is 4. The summed E-state index contributed by atoms with van der Waals surface area (Å²) in [4.78, 5) is 51.3. The molecule has 2 aromatic rings. The molecule has 3 aliphatic carbocycles. The van der Waals surface area contributed by atoms with Gasteiger partial charge in [-0.3, -0.25) is 24.2 Å². The number of phenols is 1. The number of aliphatic hydroxyl groups excluding tert-OH is 2. The Morgan fingerprint density at radius 1 is 1.07 bits per heavy atom. The number of amides is 2. The first-order valence-electron chi connectivity index (χ1n) is 13.2. The number of hydrazine groups is 1. The van der Waals surface area contributed by atoms with E-state index in [0.29, 0.717) is 28.8 Å². The molecule has 41 heavy (non-hydrogen) atoms. The van der Waals surface area contributed by atoms with E-state index in [-0.39, 0.29) is 35.6 Å². The fourth-order valence-electron chi connectivity index (χ4n) is 6.47. The summed E-state index contributed by atoms with van der Waals surface area (Å²) >= 11 is 0. The van der Waals surface area contributed by atoms with E-state index < -0.39 is 58.4 Å². The van der Waals surface area contributed by atoms with Gasteiger partial charge in [-0.2, -0.15) is 0 Å². The maximum absolute atomic E-state index is 13.7. The van der Waals surface area contributed by atoms with Crippen LogP contribution in [0.1, 0.15) is 41.3 Å². The Hall–Kier alpha value is -4.48. The van der Waals surface area contributed by atoms with Crippen LogP contribution in [0, 0.1) is 11.8 Å². The molecule has 0 heterocycles. The van der Waals surface area contributed by atoms with Crippen molar-refractivity contribution in [3.63, 3.8) is 0 Å². The zero-order chi connectivity index (χ0) is 30.0. The maximum Gasteiger partial charge on any atom is 0.268 e. The van der Waals surface area contributed by atoms with Crippen molar-refractivity contribution in [1.82, 2.24) is 10.0 Å². The predicted octanol–water partition coefficient (Wildman–Crippen LogP) is 2.03.